The fourth-order valence-corrected chi connectivity index (χ4v) is 4.20. The van der Waals surface area contributed by atoms with Gasteiger partial charge in [-0.15, -0.1) is 0 Å². The van der Waals surface area contributed by atoms with Crippen LogP contribution in [0.5, 0.6) is 5.75 Å². The lowest BCUT2D eigenvalue weighted by molar-refractivity contribution is -0.0618. The number of rotatable bonds is 3. The summed E-state index contributed by atoms with van der Waals surface area (Å²) in [6, 6.07) is -2.68. The smallest absolute Gasteiger partial charge is 0.457 e. The first kappa shape index (κ1) is 19.6. The van der Waals surface area contributed by atoms with E-state index in [0.29, 0.717) is 12.6 Å². The molecule has 1 aromatic carbocycles. The van der Waals surface area contributed by atoms with Gasteiger partial charge >= 0.3 is 11.6 Å². The molecule has 3 aliphatic rings. The number of benzene rings is 1. The van der Waals surface area contributed by atoms with Crippen LogP contribution in [0.15, 0.2) is 46.1 Å². The lowest BCUT2D eigenvalue weighted by atomic mass is 10.1. The van der Waals surface area contributed by atoms with Crippen molar-refractivity contribution in [3.8, 4) is 5.75 Å². The minimum atomic E-state index is -6.00. The molecule has 7 nitrogen and oxygen atoms in total. The normalized spacial score (nSPS) is 22.6. The summed E-state index contributed by atoms with van der Waals surface area (Å²) in [5.74, 6) is -0.101. The third-order valence-corrected chi connectivity index (χ3v) is 6.10. The molecule has 0 saturated carbocycles. The van der Waals surface area contributed by atoms with Gasteiger partial charge in [0.05, 0.1) is 18.7 Å². The van der Waals surface area contributed by atoms with Gasteiger partial charge in [-0.1, -0.05) is 0 Å². The molecule has 0 saturated heterocycles. The van der Waals surface area contributed by atoms with Gasteiger partial charge in [0, 0.05) is 18.0 Å². The number of halogens is 5. The Hall–Kier alpha value is -2.67. The van der Waals surface area contributed by atoms with Crippen LogP contribution in [0.1, 0.15) is 5.56 Å². The van der Waals surface area contributed by atoms with Crippen LogP contribution in [0, 0.1) is 0 Å². The Bertz CT molecular complexity index is 1070. The molecule has 1 N–H and O–H groups in total. The lowest BCUT2D eigenvalue weighted by Crippen LogP contribution is -2.36. The van der Waals surface area contributed by atoms with Crippen molar-refractivity contribution in [2.75, 3.05) is 11.6 Å². The largest absolute Gasteiger partial charge is 0.501 e. The third-order valence-electron chi connectivity index (χ3n) is 4.58. The van der Waals surface area contributed by atoms with Crippen molar-refractivity contribution < 1.29 is 40.3 Å². The summed E-state index contributed by atoms with van der Waals surface area (Å²) in [5.41, 5.74) is -7.46. The zero-order chi connectivity index (χ0) is 21.2. The first-order valence-electron chi connectivity index (χ1n) is 8.11. The number of aliphatic imine (C=N–C) groups is 1. The van der Waals surface area contributed by atoms with E-state index in [4.69, 9.17) is 4.74 Å². The van der Waals surface area contributed by atoms with Crippen LogP contribution in [0.4, 0.5) is 27.6 Å². The Morgan fingerprint density at radius 2 is 2.00 bits per heavy atom. The molecular formula is C16H12F5N3O4S. The van der Waals surface area contributed by atoms with Crippen molar-refractivity contribution in [2.24, 2.45) is 4.99 Å². The summed E-state index contributed by atoms with van der Waals surface area (Å²) >= 11 is 0. The first-order valence-corrected chi connectivity index (χ1v) is 9.59. The molecule has 0 spiro atoms. The van der Waals surface area contributed by atoms with Crippen LogP contribution in [-0.2, 0) is 16.3 Å². The highest BCUT2D eigenvalue weighted by Crippen LogP contribution is 2.49. The summed E-state index contributed by atoms with van der Waals surface area (Å²) in [4.78, 5) is 4.44. The number of nitrogens with zero attached hydrogens (tertiary/aromatic N) is 3. The minimum absolute atomic E-state index is 0.203. The summed E-state index contributed by atoms with van der Waals surface area (Å²) < 4.78 is 96.3. The lowest BCUT2D eigenvalue weighted by Gasteiger charge is -2.26. The van der Waals surface area contributed by atoms with Crippen molar-refractivity contribution >= 4 is 21.7 Å². The molecule has 3 heterocycles. The van der Waals surface area contributed by atoms with Gasteiger partial charge in [-0.2, -0.15) is 27.0 Å². The van der Waals surface area contributed by atoms with E-state index in [1.165, 1.54) is 6.08 Å². The van der Waals surface area contributed by atoms with Gasteiger partial charge in [0.25, 0.3) is 9.84 Å². The Morgan fingerprint density at radius 3 is 2.69 bits per heavy atom. The fraction of sp³-hybridized carbons (Fsp3) is 0.312. The molecule has 0 amide bonds. The molecule has 0 bridgehead atoms. The van der Waals surface area contributed by atoms with Crippen molar-refractivity contribution in [1.29, 1.82) is 0 Å². The van der Waals surface area contributed by atoms with E-state index in [1.807, 2.05) is 0 Å². The number of allylic oxidation sites excluding steroid dienone is 2. The van der Waals surface area contributed by atoms with Crippen LogP contribution in [0.3, 0.4) is 0 Å². The van der Waals surface area contributed by atoms with Gasteiger partial charge in [0.2, 0.25) is 0 Å². The number of hydroxylamine groups is 1. The number of anilines is 1. The molecule has 0 aliphatic carbocycles. The summed E-state index contributed by atoms with van der Waals surface area (Å²) in [6.45, 7) is 0.477. The predicted octanol–water partition coefficient (Wildman–Crippen LogP) is 2.83. The molecule has 0 aromatic heterocycles. The molecule has 0 fully saturated rings. The molecular weight excluding hydrogens is 425 g/mol. The van der Waals surface area contributed by atoms with Gasteiger partial charge in [-0.05, 0) is 24.3 Å². The van der Waals surface area contributed by atoms with Crippen molar-refractivity contribution in [3.63, 3.8) is 0 Å². The number of sulfone groups is 1. The van der Waals surface area contributed by atoms with Crippen molar-refractivity contribution in [3.05, 3.63) is 41.8 Å². The molecule has 1 unspecified atom stereocenters. The molecule has 0 radical (unpaired) electrons. The highest BCUT2D eigenvalue weighted by atomic mass is 32.2. The summed E-state index contributed by atoms with van der Waals surface area (Å²) in [7, 11) is -6.00. The second kappa shape index (κ2) is 6.16. The van der Waals surface area contributed by atoms with Gasteiger partial charge in [0.1, 0.15) is 16.4 Å². The number of hydrogen-bond donors (Lipinski definition) is 1. The van der Waals surface area contributed by atoms with E-state index in [9.17, 15) is 35.6 Å². The molecule has 156 valence electrons. The fourth-order valence-electron chi connectivity index (χ4n) is 3.24. The van der Waals surface area contributed by atoms with Crippen LogP contribution < -0.4 is 9.80 Å². The SMILES string of the molecule is O=S(=O)(c1ccc(OC2=CC=CN3CC=NC23)c2c1N(O)C(F)(F)C2)C(F)(F)F. The van der Waals surface area contributed by atoms with Crippen LogP contribution in [-0.4, -0.2) is 49.0 Å². The average molecular weight is 437 g/mol. The van der Waals surface area contributed by atoms with E-state index < -0.39 is 55.2 Å². The first-order chi connectivity index (χ1) is 13.4. The zero-order valence-corrected chi connectivity index (χ0v) is 15.1. The average Bonchev–Trinajstić information content (AvgIpc) is 3.18. The van der Waals surface area contributed by atoms with E-state index in [-0.39, 0.29) is 11.5 Å². The second-order valence-electron chi connectivity index (χ2n) is 6.41. The van der Waals surface area contributed by atoms with E-state index in [0.717, 1.165) is 6.07 Å². The topological polar surface area (TPSA) is 82.4 Å². The van der Waals surface area contributed by atoms with Gasteiger partial charge in [0.15, 0.2) is 6.17 Å². The van der Waals surface area contributed by atoms with Crippen molar-refractivity contribution in [1.82, 2.24) is 4.90 Å². The zero-order valence-electron chi connectivity index (χ0n) is 14.3. The Morgan fingerprint density at radius 1 is 1.28 bits per heavy atom. The van der Waals surface area contributed by atoms with Crippen LogP contribution >= 0.6 is 0 Å². The molecule has 1 aromatic rings. The summed E-state index contributed by atoms with van der Waals surface area (Å²) in [5, 5.41) is 8.98. The quantitative estimate of drug-likeness (QED) is 0.579. The Labute approximate surface area is 160 Å². The van der Waals surface area contributed by atoms with Crippen molar-refractivity contribution in [2.45, 2.75) is 29.0 Å². The predicted molar refractivity (Wildman–Crippen MR) is 89.4 cm³/mol. The Balaban J connectivity index is 1.82. The number of hydrogen-bond acceptors (Lipinski definition) is 7. The highest BCUT2D eigenvalue weighted by molar-refractivity contribution is 7.92. The Kier molecular flexibility index (Phi) is 4.17. The molecule has 13 heteroatoms. The van der Waals surface area contributed by atoms with E-state index in [2.05, 4.69) is 4.99 Å². The number of alkyl halides is 5. The standard InChI is InChI=1S/C16H12F5N3O4S/c17-15(18)8-9-10(28-11-2-1-6-23-7-5-22-14(11)23)3-4-12(13(9)24(15)25)29(26,27)16(19,20)21/h1-6,14,25H,7-8H2. The van der Waals surface area contributed by atoms with Gasteiger partial charge in [-0.25, -0.2) is 8.42 Å². The second-order valence-corrected chi connectivity index (χ2v) is 8.32. The highest BCUT2D eigenvalue weighted by Gasteiger charge is 2.54. The maximum Gasteiger partial charge on any atom is 0.501 e. The number of ether oxygens (including phenoxy) is 1. The van der Waals surface area contributed by atoms with Gasteiger partial charge in [-0.3, -0.25) is 10.2 Å². The van der Waals surface area contributed by atoms with Crippen LogP contribution in [0.25, 0.3) is 0 Å². The monoisotopic (exact) mass is 437 g/mol. The summed E-state index contributed by atoms with van der Waals surface area (Å²) in [6.07, 6.45) is 4.61. The van der Waals surface area contributed by atoms with Gasteiger partial charge < -0.3 is 9.64 Å². The third kappa shape index (κ3) is 2.95. The van der Waals surface area contributed by atoms with Crippen LogP contribution in [0.2, 0.25) is 0 Å². The van der Waals surface area contributed by atoms with E-state index in [1.54, 1.807) is 23.4 Å². The molecule has 4 rings (SSSR count). The molecule has 1 atom stereocenters. The number of fused-ring (bicyclic) bond motifs is 2. The minimum Gasteiger partial charge on any atom is -0.457 e. The maximum atomic E-state index is 14.1. The molecule has 29 heavy (non-hydrogen) atoms. The molecule has 3 aliphatic heterocycles. The van der Waals surface area contributed by atoms with E-state index >= 15 is 0 Å². The maximum absolute atomic E-state index is 14.1.